The van der Waals surface area contributed by atoms with E-state index in [1.54, 1.807) is 0 Å². The lowest BCUT2D eigenvalue weighted by molar-refractivity contribution is 0.305. The lowest BCUT2D eigenvalue weighted by Crippen LogP contribution is -2.09. The van der Waals surface area contributed by atoms with Crippen molar-refractivity contribution in [2.45, 2.75) is 32.2 Å². The quantitative estimate of drug-likeness (QED) is 0.193. The van der Waals surface area contributed by atoms with E-state index < -0.39 is 0 Å². The van der Waals surface area contributed by atoms with Gasteiger partial charge in [0, 0.05) is 28.9 Å². The van der Waals surface area contributed by atoms with Gasteiger partial charge in [-0.1, -0.05) is 55.1 Å². The van der Waals surface area contributed by atoms with Crippen LogP contribution in [0.1, 0.15) is 30.4 Å². The van der Waals surface area contributed by atoms with Crippen LogP contribution in [0.4, 0.5) is 0 Å². The number of benzene rings is 3. The molecule has 2 N–H and O–H groups in total. The van der Waals surface area contributed by atoms with Gasteiger partial charge >= 0.3 is 0 Å². The molecular weight excluding hydrogens is 432 g/mol. The fourth-order valence-electron chi connectivity index (χ4n) is 4.93. The maximum Gasteiger partial charge on any atom is 0.121 e. The number of aliphatic hydroxyl groups is 1. The first-order valence-corrected chi connectivity index (χ1v) is 12.4. The molecule has 0 saturated heterocycles. The average Bonchev–Trinajstić information content (AvgIpc) is 3.19. The molecule has 5 rings (SSSR count). The van der Waals surface area contributed by atoms with Crippen molar-refractivity contribution in [3.05, 3.63) is 109 Å². The first-order chi connectivity index (χ1) is 17.2. The lowest BCUT2D eigenvalue weighted by atomic mass is 9.95. The molecule has 1 aliphatic heterocycles. The molecule has 1 aliphatic rings. The molecular formula is C31H32N2O2. The number of fused-ring (bicyclic) bond motifs is 3. The number of aliphatic hydroxyl groups excluding tert-OH is 1. The van der Waals surface area contributed by atoms with Gasteiger partial charge in [0.15, 0.2) is 0 Å². The van der Waals surface area contributed by atoms with Crippen molar-refractivity contribution in [3.8, 4) is 5.75 Å². The molecule has 35 heavy (non-hydrogen) atoms. The monoisotopic (exact) mass is 464 g/mol. The molecule has 0 aliphatic carbocycles. The second kappa shape index (κ2) is 10.6. The van der Waals surface area contributed by atoms with E-state index in [1.807, 2.05) is 24.4 Å². The van der Waals surface area contributed by atoms with Crippen LogP contribution in [0.2, 0.25) is 0 Å². The molecule has 0 bridgehead atoms. The highest BCUT2D eigenvalue weighted by Gasteiger charge is 2.12. The largest absolute Gasteiger partial charge is 0.511 e. The van der Waals surface area contributed by atoms with Crippen molar-refractivity contribution in [1.82, 2.24) is 9.88 Å². The summed E-state index contributed by atoms with van der Waals surface area (Å²) in [6.45, 7) is 5.65. The van der Waals surface area contributed by atoms with Crippen molar-refractivity contribution < 1.29 is 9.84 Å². The predicted molar refractivity (Wildman–Crippen MR) is 146 cm³/mol. The highest BCUT2D eigenvalue weighted by molar-refractivity contribution is 6.08. The number of dihydropyridines is 1. The highest BCUT2D eigenvalue weighted by atomic mass is 16.5. The number of rotatable bonds is 10. The number of hydrogen-bond donors (Lipinski definition) is 2. The SMILES string of the molecule is C=C(O)Cn1c2ccccc2c2ccc(OCCCCCc3ccccc3C3=CCNC=C3)cc21. The van der Waals surface area contributed by atoms with Crippen molar-refractivity contribution in [2.24, 2.45) is 0 Å². The standard InChI is InChI=1S/C31H32N2O2/c1-23(34)22-33-30-13-7-6-12-28(30)29-15-14-26(21-31(29)33)35-20-8-2-3-9-24-10-4-5-11-27(24)25-16-18-32-19-17-25/h4-7,10-18,21,32,34H,1-3,8-9,19-20,22H2. The summed E-state index contributed by atoms with van der Waals surface area (Å²) in [5.74, 6) is 1.01. The minimum Gasteiger partial charge on any atom is -0.511 e. The van der Waals surface area contributed by atoms with Crippen LogP contribution < -0.4 is 10.1 Å². The van der Waals surface area contributed by atoms with Gasteiger partial charge in [-0.3, -0.25) is 0 Å². The number of para-hydroxylation sites is 1. The molecule has 4 nitrogen and oxygen atoms in total. The smallest absolute Gasteiger partial charge is 0.121 e. The number of ether oxygens (including phenoxy) is 1. The van der Waals surface area contributed by atoms with E-state index in [0.717, 1.165) is 54.4 Å². The van der Waals surface area contributed by atoms with Gasteiger partial charge in [0.1, 0.15) is 11.5 Å². The van der Waals surface area contributed by atoms with E-state index in [9.17, 15) is 5.11 Å². The van der Waals surface area contributed by atoms with Crippen molar-refractivity contribution >= 4 is 27.4 Å². The Hall–Kier alpha value is -3.92. The summed E-state index contributed by atoms with van der Waals surface area (Å²) < 4.78 is 8.22. The third-order valence-electron chi connectivity index (χ3n) is 6.59. The van der Waals surface area contributed by atoms with E-state index >= 15 is 0 Å². The van der Waals surface area contributed by atoms with Gasteiger partial charge in [0.05, 0.1) is 18.7 Å². The summed E-state index contributed by atoms with van der Waals surface area (Å²) in [7, 11) is 0. The fraction of sp³-hybridized carbons (Fsp3) is 0.226. The van der Waals surface area contributed by atoms with Crippen molar-refractivity contribution in [1.29, 1.82) is 0 Å². The van der Waals surface area contributed by atoms with E-state index in [0.29, 0.717) is 13.2 Å². The molecule has 0 spiro atoms. The normalized spacial score (nSPS) is 13.1. The van der Waals surface area contributed by atoms with E-state index in [-0.39, 0.29) is 5.76 Å². The van der Waals surface area contributed by atoms with Crippen molar-refractivity contribution in [3.63, 3.8) is 0 Å². The Labute approximate surface area is 206 Å². The molecule has 2 heterocycles. The van der Waals surface area contributed by atoms with Crippen LogP contribution in [0.3, 0.4) is 0 Å². The fourth-order valence-corrected chi connectivity index (χ4v) is 4.93. The van der Waals surface area contributed by atoms with Crippen LogP contribution in [0.25, 0.3) is 27.4 Å². The Morgan fingerprint density at radius 1 is 0.943 bits per heavy atom. The number of nitrogens with one attached hydrogen (secondary N) is 1. The van der Waals surface area contributed by atoms with E-state index in [2.05, 4.69) is 77.1 Å². The molecule has 0 radical (unpaired) electrons. The molecule has 0 amide bonds. The maximum atomic E-state index is 9.85. The second-order valence-electron chi connectivity index (χ2n) is 9.07. The predicted octanol–water partition coefficient (Wildman–Crippen LogP) is 7.16. The van der Waals surface area contributed by atoms with Gasteiger partial charge in [-0.25, -0.2) is 0 Å². The molecule has 3 aromatic carbocycles. The number of aromatic nitrogens is 1. The summed E-state index contributed by atoms with van der Waals surface area (Å²) >= 11 is 0. The van der Waals surface area contributed by atoms with Gasteiger partial charge in [-0.2, -0.15) is 0 Å². The third-order valence-corrected chi connectivity index (χ3v) is 6.59. The van der Waals surface area contributed by atoms with Gasteiger partial charge in [-0.15, -0.1) is 0 Å². The van der Waals surface area contributed by atoms with Crippen LogP contribution in [0.5, 0.6) is 5.75 Å². The number of allylic oxidation sites excluding steroid dienone is 3. The lowest BCUT2D eigenvalue weighted by Gasteiger charge is -2.13. The highest BCUT2D eigenvalue weighted by Crippen LogP contribution is 2.32. The van der Waals surface area contributed by atoms with Crippen LogP contribution in [0, 0.1) is 0 Å². The van der Waals surface area contributed by atoms with E-state index in [4.69, 9.17) is 4.74 Å². The summed E-state index contributed by atoms with van der Waals surface area (Å²) in [4.78, 5) is 0. The molecule has 0 atom stereocenters. The molecule has 4 aromatic rings. The van der Waals surface area contributed by atoms with Gasteiger partial charge in [0.25, 0.3) is 0 Å². The molecule has 0 unspecified atom stereocenters. The van der Waals surface area contributed by atoms with Crippen LogP contribution in [0.15, 0.2) is 97.4 Å². The summed E-state index contributed by atoms with van der Waals surface area (Å²) in [5.41, 5.74) is 6.20. The van der Waals surface area contributed by atoms with Crippen LogP contribution in [-0.2, 0) is 13.0 Å². The minimum absolute atomic E-state index is 0.146. The van der Waals surface area contributed by atoms with Gasteiger partial charge in [-0.05, 0) is 72.9 Å². The summed E-state index contributed by atoms with van der Waals surface area (Å²) in [6, 6.07) is 23.2. The molecule has 0 saturated carbocycles. The molecule has 178 valence electrons. The number of aryl methyl sites for hydroxylation is 1. The number of hydrogen-bond acceptors (Lipinski definition) is 3. The Morgan fingerprint density at radius 2 is 1.77 bits per heavy atom. The van der Waals surface area contributed by atoms with Crippen LogP contribution >= 0.6 is 0 Å². The third kappa shape index (κ3) is 5.12. The van der Waals surface area contributed by atoms with Crippen molar-refractivity contribution in [2.75, 3.05) is 13.2 Å². The zero-order chi connectivity index (χ0) is 24.0. The zero-order valence-corrected chi connectivity index (χ0v) is 20.0. The topological polar surface area (TPSA) is 46.4 Å². The average molecular weight is 465 g/mol. The van der Waals surface area contributed by atoms with E-state index in [1.165, 1.54) is 22.1 Å². The molecule has 1 aromatic heterocycles. The minimum atomic E-state index is 0.146. The van der Waals surface area contributed by atoms with Crippen LogP contribution in [-0.4, -0.2) is 22.8 Å². The van der Waals surface area contributed by atoms with Gasteiger partial charge in [0.2, 0.25) is 0 Å². The molecule has 0 fully saturated rings. The molecule has 4 heteroatoms. The number of unbranched alkanes of at least 4 members (excludes halogenated alkanes) is 2. The summed E-state index contributed by atoms with van der Waals surface area (Å²) in [5, 5.41) is 15.4. The van der Waals surface area contributed by atoms with Gasteiger partial charge < -0.3 is 19.7 Å². The Bertz CT molecular complexity index is 1410. The second-order valence-corrected chi connectivity index (χ2v) is 9.07. The first kappa shape index (κ1) is 22.9. The first-order valence-electron chi connectivity index (χ1n) is 12.4. The Kier molecular flexibility index (Phi) is 6.89. The Balaban J connectivity index is 1.18. The summed E-state index contributed by atoms with van der Waals surface area (Å²) in [6.07, 6.45) is 10.8. The zero-order valence-electron chi connectivity index (χ0n) is 20.0. The maximum absolute atomic E-state index is 9.85. The number of nitrogens with zero attached hydrogens (tertiary/aromatic N) is 1. The Morgan fingerprint density at radius 3 is 2.63 bits per heavy atom.